The van der Waals surface area contributed by atoms with Gasteiger partial charge in [-0.15, -0.1) is 24.0 Å². The first kappa shape index (κ1) is 20.2. The van der Waals surface area contributed by atoms with Crippen molar-refractivity contribution in [2.24, 2.45) is 4.99 Å². The summed E-state index contributed by atoms with van der Waals surface area (Å²) in [6.45, 7) is 6.13. The van der Waals surface area contributed by atoms with Gasteiger partial charge in [0.05, 0.1) is 0 Å². The van der Waals surface area contributed by atoms with E-state index in [4.69, 9.17) is 0 Å². The minimum Gasteiger partial charge on any atom is -0.356 e. The summed E-state index contributed by atoms with van der Waals surface area (Å²) < 4.78 is 0. The zero-order valence-corrected chi connectivity index (χ0v) is 15.8. The second kappa shape index (κ2) is 12.9. The van der Waals surface area contributed by atoms with Crippen molar-refractivity contribution in [2.75, 3.05) is 40.3 Å². The highest BCUT2D eigenvalue weighted by atomic mass is 127. The molecular formula is C16H29IN4. The molecule has 2 N–H and O–H groups in total. The van der Waals surface area contributed by atoms with E-state index >= 15 is 0 Å². The van der Waals surface area contributed by atoms with Gasteiger partial charge in [0, 0.05) is 26.7 Å². The van der Waals surface area contributed by atoms with Gasteiger partial charge >= 0.3 is 0 Å². The van der Waals surface area contributed by atoms with E-state index in [-0.39, 0.29) is 24.0 Å². The Balaban J connectivity index is 0.00000400. The molecule has 0 unspecified atom stereocenters. The van der Waals surface area contributed by atoms with Crippen molar-refractivity contribution in [3.8, 4) is 0 Å². The zero-order valence-electron chi connectivity index (χ0n) is 13.4. The Kier molecular flexibility index (Phi) is 12.4. The van der Waals surface area contributed by atoms with Gasteiger partial charge in [-0.1, -0.05) is 37.3 Å². The summed E-state index contributed by atoms with van der Waals surface area (Å²) in [5.74, 6) is 0.891. The van der Waals surface area contributed by atoms with Crippen molar-refractivity contribution >= 4 is 29.9 Å². The van der Waals surface area contributed by atoms with Crippen LogP contribution in [-0.2, 0) is 6.42 Å². The van der Waals surface area contributed by atoms with E-state index in [2.05, 4.69) is 64.8 Å². The molecule has 0 aliphatic heterocycles. The lowest BCUT2D eigenvalue weighted by molar-refractivity contribution is 0.357. The Morgan fingerprint density at radius 3 is 2.43 bits per heavy atom. The first-order chi connectivity index (χ1) is 9.76. The number of nitrogens with one attached hydrogen (secondary N) is 2. The Hall–Kier alpha value is -0.820. The minimum atomic E-state index is 0. The third kappa shape index (κ3) is 9.68. The van der Waals surface area contributed by atoms with Crippen molar-refractivity contribution in [2.45, 2.75) is 19.8 Å². The van der Waals surface area contributed by atoms with Crippen LogP contribution in [0.4, 0.5) is 0 Å². The molecule has 0 heterocycles. The zero-order chi connectivity index (χ0) is 14.6. The van der Waals surface area contributed by atoms with Crippen LogP contribution < -0.4 is 10.6 Å². The maximum atomic E-state index is 4.23. The van der Waals surface area contributed by atoms with E-state index < -0.39 is 0 Å². The molecule has 21 heavy (non-hydrogen) atoms. The van der Waals surface area contributed by atoms with Gasteiger partial charge in [0.1, 0.15) is 0 Å². The van der Waals surface area contributed by atoms with Crippen LogP contribution in [0.2, 0.25) is 0 Å². The van der Waals surface area contributed by atoms with E-state index in [0.717, 1.165) is 45.0 Å². The van der Waals surface area contributed by atoms with Gasteiger partial charge in [0.25, 0.3) is 0 Å². The highest BCUT2D eigenvalue weighted by Gasteiger charge is 1.98. The van der Waals surface area contributed by atoms with Gasteiger partial charge in [0.2, 0.25) is 0 Å². The number of rotatable bonds is 8. The van der Waals surface area contributed by atoms with Crippen LogP contribution in [-0.4, -0.2) is 51.1 Å². The third-order valence-corrected chi connectivity index (χ3v) is 3.33. The van der Waals surface area contributed by atoms with Gasteiger partial charge in [-0.25, -0.2) is 0 Å². The summed E-state index contributed by atoms with van der Waals surface area (Å²) in [5, 5.41) is 6.68. The molecule has 0 saturated carbocycles. The first-order valence-electron chi connectivity index (χ1n) is 7.43. The van der Waals surface area contributed by atoms with Crippen molar-refractivity contribution in [1.82, 2.24) is 15.5 Å². The van der Waals surface area contributed by atoms with Gasteiger partial charge in [-0.05, 0) is 32.0 Å². The van der Waals surface area contributed by atoms with Crippen LogP contribution in [0.1, 0.15) is 18.9 Å². The van der Waals surface area contributed by atoms with Gasteiger partial charge < -0.3 is 15.5 Å². The topological polar surface area (TPSA) is 39.7 Å². The smallest absolute Gasteiger partial charge is 0.191 e. The maximum absolute atomic E-state index is 4.23. The summed E-state index contributed by atoms with van der Waals surface area (Å²) in [6, 6.07) is 10.6. The number of aliphatic imine (C=N–C) groups is 1. The number of likely N-dealkylation sites (N-methyl/N-ethyl adjacent to an activating group) is 1. The predicted molar refractivity (Wildman–Crippen MR) is 103 cm³/mol. The highest BCUT2D eigenvalue weighted by molar-refractivity contribution is 14.0. The van der Waals surface area contributed by atoms with E-state index in [1.54, 1.807) is 0 Å². The number of halogens is 1. The third-order valence-electron chi connectivity index (χ3n) is 3.33. The van der Waals surface area contributed by atoms with Crippen LogP contribution in [0.3, 0.4) is 0 Å². The molecule has 0 aliphatic carbocycles. The fourth-order valence-corrected chi connectivity index (χ4v) is 1.89. The Morgan fingerprint density at radius 1 is 1.14 bits per heavy atom. The summed E-state index contributed by atoms with van der Waals surface area (Å²) >= 11 is 0. The largest absolute Gasteiger partial charge is 0.356 e. The molecule has 0 bridgehead atoms. The molecule has 0 aromatic heterocycles. The molecule has 0 atom stereocenters. The van der Waals surface area contributed by atoms with Gasteiger partial charge in [-0.2, -0.15) is 0 Å². The number of hydrogen-bond acceptors (Lipinski definition) is 2. The van der Waals surface area contributed by atoms with Crippen LogP contribution in [0.5, 0.6) is 0 Å². The summed E-state index contributed by atoms with van der Waals surface area (Å²) in [6.07, 6.45) is 2.21. The molecule has 0 spiro atoms. The molecule has 4 nitrogen and oxygen atoms in total. The van der Waals surface area contributed by atoms with Crippen LogP contribution >= 0.6 is 24.0 Å². The van der Waals surface area contributed by atoms with Crippen molar-refractivity contribution in [3.63, 3.8) is 0 Å². The lowest BCUT2D eigenvalue weighted by Gasteiger charge is -2.16. The molecule has 1 aromatic rings. The second-order valence-electron chi connectivity index (χ2n) is 4.91. The molecule has 5 heteroatoms. The molecule has 1 rings (SSSR count). The number of aryl methyl sites for hydroxylation is 1. The molecule has 0 aliphatic rings. The van der Waals surface area contributed by atoms with Gasteiger partial charge in [0.15, 0.2) is 5.96 Å². The van der Waals surface area contributed by atoms with Crippen molar-refractivity contribution in [1.29, 1.82) is 0 Å². The monoisotopic (exact) mass is 404 g/mol. The SMILES string of the molecule is CCN(C)CCNC(=NC)NCCCc1ccccc1.I. The summed E-state index contributed by atoms with van der Waals surface area (Å²) in [5.41, 5.74) is 1.39. The van der Waals surface area contributed by atoms with Crippen molar-refractivity contribution < 1.29 is 0 Å². The summed E-state index contributed by atoms with van der Waals surface area (Å²) in [7, 11) is 3.94. The molecular weight excluding hydrogens is 375 g/mol. The van der Waals surface area contributed by atoms with E-state index in [9.17, 15) is 0 Å². The van der Waals surface area contributed by atoms with E-state index in [1.165, 1.54) is 5.56 Å². The fourth-order valence-electron chi connectivity index (χ4n) is 1.89. The lowest BCUT2D eigenvalue weighted by atomic mass is 10.1. The quantitative estimate of drug-likeness (QED) is 0.303. The standard InChI is InChI=1S/C16H28N4.HI/c1-4-20(3)14-13-19-16(17-2)18-12-8-11-15-9-6-5-7-10-15;/h5-7,9-10H,4,8,11-14H2,1-3H3,(H2,17,18,19);1H. The molecule has 1 aromatic carbocycles. The van der Waals surface area contributed by atoms with E-state index in [0.29, 0.717) is 0 Å². The lowest BCUT2D eigenvalue weighted by Crippen LogP contribution is -2.41. The first-order valence-corrected chi connectivity index (χ1v) is 7.43. The number of nitrogens with zero attached hydrogens (tertiary/aromatic N) is 2. The molecule has 120 valence electrons. The Bertz CT molecular complexity index is 381. The maximum Gasteiger partial charge on any atom is 0.191 e. The fraction of sp³-hybridized carbons (Fsp3) is 0.562. The second-order valence-corrected chi connectivity index (χ2v) is 4.91. The van der Waals surface area contributed by atoms with Crippen LogP contribution in [0, 0.1) is 0 Å². The Morgan fingerprint density at radius 2 is 1.81 bits per heavy atom. The van der Waals surface area contributed by atoms with Gasteiger partial charge in [-0.3, -0.25) is 4.99 Å². The molecule has 0 radical (unpaired) electrons. The van der Waals surface area contributed by atoms with E-state index in [1.807, 2.05) is 7.05 Å². The van der Waals surface area contributed by atoms with Crippen molar-refractivity contribution in [3.05, 3.63) is 35.9 Å². The molecule has 0 amide bonds. The molecule has 0 saturated heterocycles. The minimum absolute atomic E-state index is 0. The Labute approximate surface area is 146 Å². The average Bonchev–Trinajstić information content (AvgIpc) is 2.50. The number of hydrogen-bond donors (Lipinski definition) is 2. The number of guanidine groups is 1. The normalized spacial score (nSPS) is 11.1. The predicted octanol–water partition coefficient (Wildman–Crippen LogP) is 2.35. The molecule has 0 fully saturated rings. The van der Waals surface area contributed by atoms with Crippen LogP contribution in [0.25, 0.3) is 0 Å². The number of benzene rings is 1. The highest BCUT2D eigenvalue weighted by Crippen LogP contribution is 2.01. The van der Waals surface area contributed by atoms with Crippen LogP contribution in [0.15, 0.2) is 35.3 Å². The summed E-state index contributed by atoms with van der Waals surface area (Å²) in [4.78, 5) is 6.50. The average molecular weight is 404 g/mol.